The Morgan fingerprint density at radius 2 is 1.81 bits per heavy atom. The predicted molar refractivity (Wildman–Crippen MR) is 82.7 cm³/mol. The molecule has 0 saturated heterocycles. The molecule has 4 nitrogen and oxygen atoms in total. The minimum Gasteiger partial charge on any atom is -0.493 e. The fourth-order valence-electron chi connectivity index (χ4n) is 2.87. The lowest BCUT2D eigenvalue weighted by Gasteiger charge is -2.25. The summed E-state index contributed by atoms with van der Waals surface area (Å²) in [4.78, 5) is 12.1. The van der Waals surface area contributed by atoms with Gasteiger partial charge >= 0.3 is 0 Å². The van der Waals surface area contributed by atoms with Crippen LogP contribution in [0.3, 0.4) is 0 Å². The van der Waals surface area contributed by atoms with Crippen molar-refractivity contribution in [1.82, 2.24) is 4.57 Å². The molecule has 110 valence electrons. The van der Waals surface area contributed by atoms with E-state index in [0.717, 1.165) is 28.8 Å². The molecule has 1 aliphatic heterocycles. The molecule has 0 aliphatic carbocycles. The lowest BCUT2D eigenvalue weighted by molar-refractivity contribution is 0.354. The summed E-state index contributed by atoms with van der Waals surface area (Å²) >= 11 is 6.18. The van der Waals surface area contributed by atoms with Crippen LogP contribution >= 0.6 is 11.6 Å². The Morgan fingerprint density at radius 3 is 2.48 bits per heavy atom. The zero-order valence-corrected chi connectivity index (χ0v) is 13.0. The number of hydrogen-bond acceptors (Lipinski definition) is 3. The standard InChI is InChI=1S/C16H16ClNO3/c1-9-12(17)8-15(19)18-5-4-10-6-13(20-2)14(21-3)7-11(10)16(9)18/h6-8H,4-5H2,1-3H3. The smallest absolute Gasteiger partial charge is 0.252 e. The van der Waals surface area contributed by atoms with Gasteiger partial charge in [0.05, 0.1) is 24.9 Å². The first-order valence-corrected chi connectivity index (χ1v) is 7.09. The van der Waals surface area contributed by atoms with Crippen LogP contribution in [0, 0.1) is 6.92 Å². The van der Waals surface area contributed by atoms with E-state index < -0.39 is 0 Å². The number of ether oxygens (including phenoxy) is 2. The summed E-state index contributed by atoms with van der Waals surface area (Å²) < 4.78 is 12.5. The Labute approximate surface area is 127 Å². The average molecular weight is 306 g/mol. The van der Waals surface area contributed by atoms with Crippen molar-refractivity contribution in [2.24, 2.45) is 0 Å². The molecule has 0 fully saturated rings. The van der Waals surface area contributed by atoms with Crippen LogP contribution in [0.15, 0.2) is 23.0 Å². The lowest BCUT2D eigenvalue weighted by Crippen LogP contribution is -2.26. The van der Waals surface area contributed by atoms with E-state index in [4.69, 9.17) is 21.1 Å². The highest BCUT2D eigenvalue weighted by molar-refractivity contribution is 6.31. The second kappa shape index (κ2) is 5.11. The largest absolute Gasteiger partial charge is 0.493 e. The van der Waals surface area contributed by atoms with Crippen LogP contribution in [-0.2, 0) is 13.0 Å². The molecule has 0 spiro atoms. The summed E-state index contributed by atoms with van der Waals surface area (Å²) in [7, 11) is 3.22. The molecule has 5 heteroatoms. The first-order valence-electron chi connectivity index (χ1n) is 6.72. The van der Waals surface area contributed by atoms with Gasteiger partial charge in [0.2, 0.25) is 0 Å². The van der Waals surface area contributed by atoms with Crippen molar-refractivity contribution < 1.29 is 9.47 Å². The van der Waals surface area contributed by atoms with E-state index in [9.17, 15) is 4.79 Å². The summed E-state index contributed by atoms with van der Waals surface area (Å²) in [6, 6.07) is 5.37. The molecule has 0 N–H and O–H groups in total. The van der Waals surface area contributed by atoms with Gasteiger partial charge in [0, 0.05) is 18.2 Å². The van der Waals surface area contributed by atoms with Crippen molar-refractivity contribution in [3.63, 3.8) is 0 Å². The number of nitrogens with zero attached hydrogens (tertiary/aromatic N) is 1. The van der Waals surface area contributed by atoms with Crippen LogP contribution < -0.4 is 15.0 Å². The van der Waals surface area contributed by atoms with Crippen molar-refractivity contribution in [3.8, 4) is 22.8 Å². The lowest BCUT2D eigenvalue weighted by atomic mass is 9.94. The number of aryl methyl sites for hydroxylation is 1. The number of methoxy groups -OCH3 is 2. The minimum atomic E-state index is -0.0685. The van der Waals surface area contributed by atoms with Crippen LogP contribution in [0.4, 0.5) is 0 Å². The Bertz CT molecular complexity index is 780. The quantitative estimate of drug-likeness (QED) is 0.856. The number of rotatable bonds is 2. The maximum atomic E-state index is 12.1. The van der Waals surface area contributed by atoms with E-state index in [1.165, 1.54) is 6.07 Å². The Balaban J connectivity index is 2.34. The second-order valence-electron chi connectivity index (χ2n) is 5.07. The highest BCUT2D eigenvalue weighted by atomic mass is 35.5. The summed E-state index contributed by atoms with van der Waals surface area (Å²) in [6.45, 7) is 2.58. The van der Waals surface area contributed by atoms with Gasteiger partial charge in [0.25, 0.3) is 5.56 Å². The van der Waals surface area contributed by atoms with E-state index >= 15 is 0 Å². The van der Waals surface area contributed by atoms with Gasteiger partial charge in [-0.25, -0.2) is 0 Å². The van der Waals surface area contributed by atoms with Gasteiger partial charge in [-0.15, -0.1) is 0 Å². The molecule has 1 aliphatic rings. The normalized spacial score (nSPS) is 12.6. The summed E-state index contributed by atoms with van der Waals surface area (Å²) in [6.07, 6.45) is 0.781. The first-order chi connectivity index (χ1) is 10.1. The summed E-state index contributed by atoms with van der Waals surface area (Å²) in [5, 5.41) is 0.494. The van der Waals surface area contributed by atoms with E-state index in [2.05, 4.69) is 0 Å². The minimum absolute atomic E-state index is 0.0685. The van der Waals surface area contributed by atoms with Crippen LogP contribution in [0.25, 0.3) is 11.3 Å². The van der Waals surface area contributed by atoms with Gasteiger partial charge in [-0.2, -0.15) is 0 Å². The topological polar surface area (TPSA) is 40.5 Å². The molecule has 0 bridgehead atoms. The zero-order chi connectivity index (χ0) is 15.1. The zero-order valence-electron chi connectivity index (χ0n) is 12.2. The molecule has 2 heterocycles. The molecular weight excluding hydrogens is 290 g/mol. The third-order valence-electron chi connectivity index (χ3n) is 3.97. The fraction of sp³-hybridized carbons (Fsp3) is 0.312. The molecule has 0 amide bonds. The molecule has 0 unspecified atom stereocenters. The monoisotopic (exact) mass is 305 g/mol. The van der Waals surface area contributed by atoms with Gasteiger partial charge in [0.15, 0.2) is 11.5 Å². The molecule has 2 aromatic rings. The molecule has 1 aromatic heterocycles. The highest BCUT2D eigenvalue weighted by Crippen LogP contribution is 2.40. The summed E-state index contributed by atoms with van der Waals surface area (Å²) in [5.74, 6) is 1.35. The molecule has 0 atom stereocenters. The van der Waals surface area contributed by atoms with Gasteiger partial charge in [-0.05, 0) is 36.6 Å². The van der Waals surface area contributed by atoms with Crippen LogP contribution in [0.1, 0.15) is 11.1 Å². The number of halogens is 1. The average Bonchev–Trinajstić information content (AvgIpc) is 2.50. The van der Waals surface area contributed by atoms with Crippen LogP contribution in [0.2, 0.25) is 5.02 Å². The first kappa shape index (κ1) is 14.0. The Morgan fingerprint density at radius 1 is 1.14 bits per heavy atom. The molecule has 3 rings (SSSR count). The molecule has 21 heavy (non-hydrogen) atoms. The second-order valence-corrected chi connectivity index (χ2v) is 5.48. The Kier molecular flexibility index (Phi) is 3.41. The summed E-state index contributed by atoms with van der Waals surface area (Å²) in [5.41, 5.74) is 3.83. The highest BCUT2D eigenvalue weighted by Gasteiger charge is 2.23. The van der Waals surface area contributed by atoms with Crippen molar-refractivity contribution >= 4 is 11.6 Å². The molecule has 0 saturated carbocycles. The molecule has 1 aromatic carbocycles. The van der Waals surface area contributed by atoms with Crippen molar-refractivity contribution in [3.05, 3.63) is 44.7 Å². The number of fused-ring (bicyclic) bond motifs is 3. The van der Waals surface area contributed by atoms with Crippen molar-refractivity contribution in [2.75, 3.05) is 14.2 Å². The number of benzene rings is 1. The molecular formula is C16H16ClNO3. The maximum absolute atomic E-state index is 12.1. The van der Waals surface area contributed by atoms with E-state index in [-0.39, 0.29) is 5.56 Å². The number of aromatic nitrogens is 1. The molecule has 0 radical (unpaired) electrons. The van der Waals surface area contributed by atoms with Crippen molar-refractivity contribution in [2.45, 2.75) is 19.9 Å². The van der Waals surface area contributed by atoms with E-state index in [0.29, 0.717) is 23.1 Å². The third kappa shape index (κ3) is 2.10. The van der Waals surface area contributed by atoms with Gasteiger partial charge < -0.3 is 14.0 Å². The predicted octanol–water partition coefficient (Wildman–Crippen LogP) is 3.05. The van der Waals surface area contributed by atoms with Gasteiger partial charge in [-0.3, -0.25) is 4.79 Å². The Hall–Kier alpha value is -1.94. The third-order valence-corrected chi connectivity index (χ3v) is 4.36. The fourth-order valence-corrected chi connectivity index (χ4v) is 3.05. The number of hydrogen-bond donors (Lipinski definition) is 0. The van der Waals surface area contributed by atoms with E-state index in [1.54, 1.807) is 18.8 Å². The van der Waals surface area contributed by atoms with E-state index in [1.807, 2.05) is 19.1 Å². The SMILES string of the molecule is COc1cc2c(cc1OC)-c1c(C)c(Cl)cc(=O)n1CC2. The maximum Gasteiger partial charge on any atom is 0.252 e. The van der Waals surface area contributed by atoms with Gasteiger partial charge in [-0.1, -0.05) is 11.6 Å². The van der Waals surface area contributed by atoms with Crippen LogP contribution in [0.5, 0.6) is 11.5 Å². The van der Waals surface area contributed by atoms with Crippen LogP contribution in [-0.4, -0.2) is 18.8 Å². The van der Waals surface area contributed by atoms with Crippen molar-refractivity contribution in [1.29, 1.82) is 0 Å². The van der Waals surface area contributed by atoms with Gasteiger partial charge in [0.1, 0.15) is 0 Å². The number of pyridine rings is 1.